The Morgan fingerprint density at radius 1 is 1.00 bits per heavy atom. The quantitative estimate of drug-likeness (QED) is 0.578. The first-order valence-electron chi connectivity index (χ1n) is 8.03. The van der Waals surface area contributed by atoms with Gasteiger partial charge < -0.3 is 10.8 Å². The molecule has 2 aromatic rings. The van der Waals surface area contributed by atoms with Gasteiger partial charge in [-0.3, -0.25) is 0 Å². The Kier molecular flexibility index (Phi) is 6.05. The predicted octanol–water partition coefficient (Wildman–Crippen LogP) is 6.01. The second-order valence-electron chi connectivity index (χ2n) is 7.33. The van der Waals surface area contributed by atoms with Gasteiger partial charge in [0.25, 0.3) is 0 Å². The predicted molar refractivity (Wildman–Crippen MR) is 98.8 cm³/mol. The van der Waals surface area contributed by atoms with Crippen LogP contribution in [0.25, 0.3) is 0 Å². The highest BCUT2D eigenvalue weighted by Gasteiger charge is 2.54. The van der Waals surface area contributed by atoms with Gasteiger partial charge in [0, 0.05) is 15.6 Å². The summed E-state index contributed by atoms with van der Waals surface area (Å²) in [5.41, 5.74) is 2.19. The van der Waals surface area contributed by atoms with Crippen LogP contribution in [0.4, 0.5) is 17.6 Å². The van der Waals surface area contributed by atoms with Gasteiger partial charge in [-0.05, 0) is 60.2 Å². The van der Waals surface area contributed by atoms with Crippen molar-refractivity contribution in [2.75, 3.05) is 0 Å². The van der Waals surface area contributed by atoms with Crippen molar-refractivity contribution < 1.29 is 22.7 Å². The van der Waals surface area contributed by atoms with E-state index < -0.39 is 35.8 Å². The Balaban J connectivity index is 2.45. The third-order valence-electron chi connectivity index (χ3n) is 4.45. The molecule has 2 rings (SSSR count). The van der Waals surface area contributed by atoms with Crippen molar-refractivity contribution in [3.05, 3.63) is 63.4 Å². The highest BCUT2D eigenvalue weighted by Crippen LogP contribution is 2.44. The van der Waals surface area contributed by atoms with E-state index in [1.165, 1.54) is 32.0 Å². The van der Waals surface area contributed by atoms with Gasteiger partial charge in [-0.25, -0.2) is 4.39 Å². The summed E-state index contributed by atoms with van der Waals surface area (Å²) in [6.45, 7) is 2.94. The highest BCUT2D eigenvalue weighted by atomic mass is 35.5. The standard InChI is InChI=1S/C19H19Cl2F4NO/c1-17(2,15-8-14(22)3-4-16(15)27)10-18(26,19(23,24)25)9-11-5-12(20)7-13(21)6-11/h3-8,27H,9-10,26H2,1-2H3. The van der Waals surface area contributed by atoms with Gasteiger partial charge in [0.05, 0.1) is 0 Å². The van der Waals surface area contributed by atoms with Crippen molar-refractivity contribution >= 4 is 23.2 Å². The first kappa shape index (κ1) is 21.8. The summed E-state index contributed by atoms with van der Waals surface area (Å²) in [5, 5.41) is 10.4. The molecule has 0 aromatic heterocycles. The number of halogens is 6. The lowest BCUT2D eigenvalue weighted by atomic mass is 9.71. The Labute approximate surface area is 164 Å². The van der Waals surface area contributed by atoms with E-state index in [2.05, 4.69) is 0 Å². The molecule has 27 heavy (non-hydrogen) atoms. The average Bonchev–Trinajstić information content (AvgIpc) is 2.46. The van der Waals surface area contributed by atoms with Crippen LogP contribution in [-0.2, 0) is 11.8 Å². The van der Waals surface area contributed by atoms with Crippen molar-refractivity contribution in [2.24, 2.45) is 5.73 Å². The SMILES string of the molecule is CC(C)(CC(N)(Cc1cc(Cl)cc(Cl)c1)C(F)(F)F)c1cc(F)ccc1O. The molecule has 0 aliphatic heterocycles. The summed E-state index contributed by atoms with van der Waals surface area (Å²) in [7, 11) is 0. The van der Waals surface area contributed by atoms with Crippen LogP contribution in [0.1, 0.15) is 31.4 Å². The zero-order valence-corrected chi connectivity index (χ0v) is 16.2. The van der Waals surface area contributed by atoms with Gasteiger partial charge in [-0.1, -0.05) is 37.0 Å². The molecule has 2 nitrogen and oxygen atoms in total. The first-order valence-corrected chi connectivity index (χ1v) is 8.79. The van der Waals surface area contributed by atoms with E-state index >= 15 is 0 Å². The molecule has 2 aromatic carbocycles. The van der Waals surface area contributed by atoms with E-state index in [1.807, 2.05) is 0 Å². The van der Waals surface area contributed by atoms with Crippen LogP contribution in [0.2, 0.25) is 10.0 Å². The number of hydrogen-bond acceptors (Lipinski definition) is 2. The summed E-state index contributed by atoms with van der Waals surface area (Å²) in [6.07, 6.45) is -5.93. The Morgan fingerprint density at radius 2 is 1.56 bits per heavy atom. The number of nitrogens with two attached hydrogens (primary N) is 1. The monoisotopic (exact) mass is 423 g/mol. The molecule has 1 unspecified atom stereocenters. The molecule has 0 bridgehead atoms. The molecule has 0 spiro atoms. The van der Waals surface area contributed by atoms with Crippen molar-refractivity contribution in [3.8, 4) is 5.75 Å². The number of phenolic OH excluding ortho intramolecular Hbond substituents is 1. The van der Waals surface area contributed by atoms with Crippen molar-refractivity contribution in [1.29, 1.82) is 0 Å². The van der Waals surface area contributed by atoms with Gasteiger partial charge in [0.1, 0.15) is 17.1 Å². The zero-order chi connectivity index (χ0) is 20.6. The molecule has 1 atom stereocenters. The van der Waals surface area contributed by atoms with E-state index in [4.69, 9.17) is 28.9 Å². The summed E-state index contributed by atoms with van der Waals surface area (Å²) < 4.78 is 55.3. The molecule has 0 heterocycles. The number of phenols is 1. The maximum absolute atomic E-state index is 13.9. The Bertz CT molecular complexity index is 819. The second-order valence-corrected chi connectivity index (χ2v) is 8.20. The third kappa shape index (κ3) is 5.06. The smallest absolute Gasteiger partial charge is 0.406 e. The summed E-state index contributed by atoms with van der Waals surface area (Å²) in [6, 6.07) is 7.30. The molecule has 0 amide bonds. The lowest BCUT2D eigenvalue weighted by molar-refractivity contribution is -0.191. The summed E-state index contributed by atoms with van der Waals surface area (Å²) >= 11 is 11.8. The van der Waals surface area contributed by atoms with Gasteiger partial charge in [0.2, 0.25) is 0 Å². The summed E-state index contributed by atoms with van der Waals surface area (Å²) in [4.78, 5) is 0. The number of hydrogen-bond donors (Lipinski definition) is 2. The largest absolute Gasteiger partial charge is 0.508 e. The minimum atomic E-state index is -4.76. The second kappa shape index (κ2) is 7.49. The van der Waals surface area contributed by atoms with E-state index in [9.17, 15) is 22.7 Å². The number of rotatable bonds is 5. The number of aromatic hydroxyl groups is 1. The lowest BCUT2D eigenvalue weighted by Gasteiger charge is -2.39. The minimum Gasteiger partial charge on any atom is -0.508 e. The van der Waals surface area contributed by atoms with Crippen LogP contribution in [0.3, 0.4) is 0 Å². The van der Waals surface area contributed by atoms with Crippen molar-refractivity contribution in [1.82, 2.24) is 0 Å². The Hall–Kier alpha value is -1.50. The van der Waals surface area contributed by atoms with Crippen LogP contribution in [0.15, 0.2) is 36.4 Å². The molecule has 148 valence electrons. The van der Waals surface area contributed by atoms with Crippen molar-refractivity contribution in [2.45, 2.75) is 43.8 Å². The molecule has 0 saturated heterocycles. The molecule has 0 radical (unpaired) electrons. The molecule has 3 N–H and O–H groups in total. The third-order valence-corrected chi connectivity index (χ3v) is 4.89. The highest BCUT2D eigenvalue weighted by molar-refractivity contribution is 6.34. The fraction of sp³-hybridized carbons (Fsp3) is 0.368. The first-order chi connectivity index (χ1) is 12.2. The van der Waals surface area contributed by atoms with Crippen LogP contribution in [0, 0.1) is 5.82 Å². The summed E-state index contributed by atoms with van der Waals surface area (Å²) in [5.74, 6) is -0.955. The Morgan fingerprint density at radius 3 is 2.07 bits per heavy atom. The lowest BCUT2D eigenvalue weighted by Crippen LogP contribution is -2.58. The molecule has 0 saturated carbocycles. The van der Waals surface area contributed by atoms with E-state index in [0.29, 0.717) is 0 Å². The maximum atomic E-state index is 13.9. The van der Waals surface area contributed by atoms with Crippen LogP contribution in [0.5, 0.6) is 5.75 Å². The van der Waals surface area contributed by atoms with Gasteiger partial charge >= 0.3 is 6.18 Å². The average molecular weight is 424 g/mol. The normalized spacial score (nSPS) is 14.9. The fourth-order valence-corrected chi connectivity index (χ4v) is 3.85. The maximum Gasteiger partial charge on any atom is 0.406 e. The topological polar surface area (TPSA) is 46.2 Å². The minimum absolute atomic E-state index is 0.0469. The molecular formula is C19H19Cl2F4NO. The number of alkyl halides is 3. The van der Waals surface area contributed by atoms with Crippen LogP contribution < -0.4 is 5.73 Å². The molecular weight excluding hydrogens is 405 g/mol. The van der Waals surface area contributed by atoms with Crippen molar-refractivity contribution in [3.63, 3.8) is 0 Å². The van der Waals surface area contributed by atoms with E-state index in [1.54, 1.807) is 0 Å². The molecule has 0 aliphatic rings. The van der Waals surface area contributed by atoms with Gasteiger partial charge in [-0.15, -0.1) is 0 Å². The zero-order valence-electron chi connectivity index (χ0n) is 14.7. The van der Waals surface area contributed by atoms with E-state index in [0.717, 1.165) is 18.2 Å². The van der Waals surface area contributed by atoms with Gasteiger partial charge in [-0.2, -0.15) is 13.2 Å². The number of benzene rings is 2. The molecule has 0 aliphatic carbocycles. The van der Waals surface area contributed by atoms with Gasteiger partial charge in [0.15, 0.2) is 0 Å². The fourth-order valence-electron chi connectivity index (χ4n) is 3.27. The van der Waals surface area contributed by atoms with E-state index in [-0.39, 0.29) is 26.9 Å². The molecule has 0 fully saturated rings. The van der Waals surface area contributed by atoms with Crippen LogP contribution in [-0.4, -0.2) is 16.8 Å². The van der Waals surface area contributed by atoms with Crippen LogP contribution >= 0.6 is 23.2 Å². The molecule has 8 heteroatoms.